The van der Waals surface area contributed by atoms with Gasteiger partial charge in [-0.2, -0.15) is 0 Å². The van der Waals surface area contributed by atoms with Gasteiger partial charge in [-0.3, -0.25) is 30.4 Å². The van der Waals surface area contributed by atoms with Crippen LogP contribution in [0.5, 0.6) is 0 Å². The van der Waals surface area contributed by atoms with Crippen LogP contribution >= 0.6 is 31.9 Å². The van der Waals surface area contributed by atoms with Gasteiger partial charge in [0.25, 0.3) is 0 Å². The fourth-order valence-electron chi connectivity index (χ4n) is 3.38. The Hall–Kier alpha value is -3.12. The summed E-state index contributed by atoms with van der Waals surface area (Å²) in [5.74, 6) is 0.977. The SMILES string of the molecule is CCNC(=NC)NC(=O)N(C)c1c(C)cccc1Br.CN=C(NC(=O)N(C)c1c(C)cccc1Br)N(C)C. The van der Waals surface area contributed by atoms with Crippen molar-refractivity contribution in [2.24, 2.45) is 9.98 Å². The summed E-state index contributed by atoms with van der Waals surface area (Å²) < 4.78 is 1.76. The Labute approximate surface area is 242 Å². The van der Waals surface area contributed by atoms with E-state index in [2.05, 4.69) is 57.8 Å². The number of para-hydroxylation sites is 2. The standard InChI is InChI=1S/2C13H19BrN4O/c1-9-7-6-8-10(14)11(9)18(5)13(19)16-12(15-2)17(3)4;1-5-16-12(15-3)17-13(19)18(4)11-9(2)7-6-8-10(11)14/h6-8H,1-5H3,(H,15,16,19);6-8H,5H2,1-4H3,(H2,15,16,17,19). The lowest BCUT2D eigenvalue weighted by Crippen LogP contribution is -2.46. The molecule has 0 aliphatic rings. The van der Waals surface area contributed by atoms with E-state index in [0.717, 1.165) is 31.4 Å². The number of aryl methyl sites for hydroxylation is 2. The summed E-state index contributed by atoms with van der Waals surface area (Å²) in [7, 11) is 10.4. The molecule has 0 heterocycles. The number of anilines is 2. The smallest absolute Gasteiger partial charge is 0.328 e. The van der Waals surface area contributed by atoms with Gasteiger partial charge in [0.15, 0.2) is 5.96 Å². The van der Waals surface area contributed by atoms with E-state index in [1.165, 1.54) is 0 Å². The molecule has 3 N–H and O–H groups in total. The average Bonchev–Trinajstić information content (AvgIpc) is 2.86. The van der Waals surface area contributed by atoms with Crippen molar-refractivity contribution in [2.45, 2.75) is 20.8 Å². The summed E-state index contributed by atoms with van der Waals surface area (Å²) in [5, 5.41) is 8.46. The topological polar surface area (TPSA) is 105 Å². The highest BCUT2D eigenvalue weighted by molar-refractivity contribution is 9.11. The molecular formula is C26H38Br2N8O2. The van der Waals surface area contributed by atoms with Crippen LogP contribution in [-0.4, -0.2) is 77.7 Å². The van der Waals surface area contributed by atoms with Crippen LogP contribution < -0.4 is 25.8 Å². The summed E-state index contributed by atoms with van der Waals surface area (Å²) >= 11 is 6.93. The number of nitrogens with zero attached hydrogens (tertiary/aromatic N) is 5. The largest absolute Gasteiger partial charge is 0.356 e. The maximum atomic E-state index is 12.2. The Balaban J connectivity index is 0.000000380. The zero-order valence-corrected chi connectivity index (χ0v) is 26.7. The highest BCUT2D eigenvalue weighted by Crippen LogP contribution is 2.29. The van der Waals surface area contributed by atoms with Crippen LogP contribution in [0.3, 0.4) is 0 Å². The van der Waals surface area contributed by atoms with Crippen molar-refractivity contribution < 1.29 is 9.59 Å². The number of carbonyl (C=O) groups is 2. The molecule has 10 nitrogen and oxygen atoms in total. The first-order chi connectivity index (χ1) is 17.9. The van der Waals surface area contributed by atoms with Crippen LogP contribution in [-0.2, 0) is 0 Å². The molecule has 2 rings (SSSR count). The molecule has 4 amide bonds. The Morgan fingerprint density at radius 1 is 0.789 bits per heavy atom. The van der Waals surface area contributed by atoms with Crippen molar-refractivity contribution in [3.63, 3.8) is 0 Å². The minimum absolute atomic E-state index is 0.232. The van der Waals surface area contributed by atoms with Crippen LogP contribution in [0, 0.1) is 13.8 Å². The van der Waals surface area contributed by atoms with E-state index in [-0.39, 0.29) is 12.1 Å². The van der Waals surface area contributed by atoms with Gasteiger partial charge in [0, 0.05) is 57.8 Å². The van der Waals surface area contributed by atoms with E-state index in [1.807, 2.05) is 71.3 Å². The lowest BCUT2D eigenvalue weighted by molar-refractivity contribution is 0.250. The molecule has 0 fully saturated rings. The molecular weight excluding hydrogens is 616 g/mol. The summed E-state index contributed by atoms with van der Waals surface area (Å²) in [6, 6.07) is 11.1. The predicted octanol–water partition coefficient (Wildman–Crippen LogP) is 4.95. The van der Waals surface area contributed by atoms with Crippen LogP contribution in [0.15, 0.2) is 55.3 Å². The minimum Gasteiger partial charge on any atom is -0.356 e. The molecule has 0 aliphatic heterocycles. The minimum atomic E-state index is -0.239. The Morgan fingerprint density at radius 2 is 1.24 bits per heavy atom. The van der Waals surface area contributed by atoms with Crippen molar-refractivity contribution in [3.8, 4) is 0 Å². The summed E-state index contributed by atoms with van der Waals surface area (Å²) in [4.78, 5) is 37.2. The van der Waals surface area contributed by atoms with E-state index < -0.39 is 0 Å². The molecule has 0 aliphatic carbocycles. The monoisotopic (exact) mass is 652 g/mol. The first-order valence-corrected chi connectivity index (χ1v) is 13.4. The van der Waals surface area contributed by atoms with Gasteiger partial charge in [-0.05, 0) is 75.9 Å². The number of urea groups is 2. The van der Waals surface area contributed by atoms with Gasteiger partial charge in [0.2, 0.25) is 5.96 Å². The number of halogens is 2. The van der Waals surface area contributed by atoms with E-state index >= 15 is 0 Å². The van der Waals surface area contributed by atoms with Crippen LogP contribution in [0.2, 0.25) is 0 Å². The molecule has 0 atom stereocenters. The third-order valence-electron chi connectivity index (χ3n) is 5.30. The molecule has 38 heavy (non-hydrogen) atoms. The molecule has 208 valence electrons. The molecule has 0 unspecified atom stereocenters. The van der Waals surface area contributed by atoms with Crippen molar-refractivity contribution in [3.05, 3.63) is 56.5 Å². The predicted molar refractivity (Wildman–Crippen MR) is 166 cm³/mol. The second kappa shape index (κ2) is 16.0. The van der Waals surface area contributed by atoms with Crippen LogP contribution in [0.4, 0.5) is 21.0 Å². The number of benzene rings is 2. The maximum absolute atomic E-state index is 12.2. The maximum Gasteiger partial charge on any atom is 0.328 e. The van der Waals surface area contributed by atoms with Crippen LogP contribution in [0.25, 0.3) is 0 Å². The first kappa shape index (κ1) is 32.9. The van der Waals surface area contributed by atoms with Crippen molar-refractivity contribution in [1.29, 1.82) is 0 Å². The van der Waals surface area contributed by atoms with E-state index in [1.54, 1.807) is 42.9 Å². The second-order valence-electron chi connectivity index (χ2n) is 8.33. The molecule has 2 aromatic rings. The quantitative estimate of drug-likeness (QED) is 0.322. The molecule has 0 aromatic heterocycles. The number of amides is 4. The molecule has 0 bridgehead atoms. The zero-order valence-electron chi connectivity index (χ0n) is 23.5. The lowest BCUT2D eigenvalue weighted by Gasteiger charge is -2.23. The van der Waals surface area contributed by atoms with E-state index in [4.69, 9.17) is 0 Å². The van der Waals surface area contributed by atoms with Gasteiger partial charge in [-0.15, -0.1) is 0 Å². The molecule has 0 saturated heterocycles. The summed E-state index contributed by atoms with van der Waals surface area (Å²) in [5.41, 5.74) is 3.72. The molecule has 0 radical (unpaired) electrons. The highest BCUT2D eigenvalue weighted by atomic mass is 79.9. The van der Waals surface area contributed by atoms with Gasteiger partial charge < -0.3 is 10.2 Å². The number of nitrogens with one attached hydrogen (secondary N) is 3. The third-order valence-corrected chi connectivity index (χ3v) is 6.58. The van der Waals surface area contributed by atoms with Gasteiger partial charge >= 0.3 is 12.1 Å². The second-order valence-corrected chi connectivity index (χ2v) is 10.0. The molecule has 0 saturated carbocycles. The van der Waals surface area contributed by atoms with Gasteiger partial charge in [-0.1, -0.05) is 24.3 Å². The van der Waals surface area contributed by atoms with E-state index in [0.29, 0.717) is 18.5 Å². The average molecular weight is 654 g/mol. The number of aliphatic imine (C=N–C) groups is 2. The fraction of sp³-hybridized carbons (Fsp3) is 0.385. The number of rotatable bonds is 3. The number of guanidine groups is 2. The van der Waals surface area contributed by atoms with Gasteiger partial charge in [-0.25, -0.2) is 9.59 Å². The normalized spacial score (nSPS) is 11.1. The Bertz CT molecular complexity index is 1130. The number of carbonyl (C=O) groups excluding carboxylic acids is 2. The fourth-order valence-corrected chi connectivity index (χ4v) is 4.84. The zero-order chi connectivity index (χ0) is 29.0. The lowest BCUT2D eigenvalue weighted by atomic mass is 10.2. The Kier molecular flexibility index (Phi) is 13.8. The summed E-state index contributed by atoms with van der Waals surface area (Å²) in [6.07, 6.45) is 0. The van der Waals surface area contributed by atoms with Gasteiger partial charge in [0.1, 0.15) is 0 Å². The first-order valence-electron chi connectivity index (χ1n) is 11.8. The van der Waals surface area contributed by atoms with E-state index in [9.17, 15) is 9.59 Å². The Morgan fingerprint density at radius 3 is 1.58 bits per heavy atom. The number of hydrogen-bond acceptors (Lipinski definition) is 4. The van der Waals surface area contributed by atoms with Crippen molar-refractivity contribution in [1.82, 2.24) is 20.9 Å². The highest BCUT2D eigenvalue weighted by Gasteiger charge is 2.18. The molecule has 0 spiro atoms. The van der Waals surface area contributed by atoms with Crippen molar-refractivity contribution >= 4 is 67.2 Å². The molecule has 2 aromatic carbocycles. The number of hydrogen-bond donors (Lipinski definition) is 3. The molecule has 12 heteroatoms. The van der Waals surface area contributed by atoms with Crippen LogP contribution in [0.1, 0.15) is 18.1 Å². The summed E-state index contributed by atoms with van der Waals surface area (Å²) in [6.45, 7) is 6.57. The third kappa shape index (κ3) is 9.32. The van der Waals surface area contributed by atoms with Gasteiger partial charge in [0.05, 0.1) is 11.4 Å². The van der Waals surface area contributed by atoms with Crippen molar-refractivity contribution in [2.75, 3.05) is 58.6 Å².